The summed E-state index contributed by atoms with van der Waals surface area (Å²) in [4.78, 5) is 24.4. The van der Waals surface area contributed by atoms with E-state index in [4.69, 9.17) is 0 Å². The van der Waals surface area contributed by atoms with E-state index in [0.29, 0.717) is 5.69 Å². The van der Waals surface area contributed by atoms with Crippen LogP contribution in [0.1, 0.15) is 23.5 Å². The average molecular weight is 359 g/mol. The third-order valence-electron chi connectivity index (χ3n) is 3.76. The van der Waals surface area contributed by atoms with Gasteiger partial charge >= 0.3 is 0 Å². The number of hydrogen-bond acceptors (Lipinski definition) is 2. The number of halogens is 1. The molecule has 1 heterocycles. The number of fused-ring (bicyclic) bond motifs is 1. The van der Waals surface area contributed by atoms with Crippen LogP contribution >= 0.6 is 15.9 Å². The van der Waals surface area contributed by atoms with Gasteiger partial charge in [-0.25, -0.2) is 0 Å². The van der Waals surface area contributed by atoms with Gasteiger partial charge < -0.3 is 10.6 Å². The van der Waals surface area contributed by atoms with Gasteiger partial charge in [0.2, 0.25) is 11.8 Å². The molecule has 4 nitrogen and oxygen atoms in total. The first-order chi connectivity index (χ1) is 10.5. The summed E-state index contributed by atoms with van der Waals surface area (Å²) in [6.07, 6.45) is 0.165. The van der Waals surface area contributed by atoms with Crippen molar-refractivity contribution in [3.63, 3.8) is 0 Å². The highest BCUT2D eigenvalue weighted by Crippen LogP contribution is 2.33. The van der Waals surface area contributed by atoms with E-state index in [2.05, 4.69) is 26.6 Å². The number of para-hydroxylation sites is 1. The van der Waals surface area contributed by atoms with Crippen molar-refractivity contribution >= 4 is 39.1 Å². The van der Waals surface area contributed by atoms with Crippen LogP contribution in [0.2, 0.25) is 0 Å². The maximum absolute atomic E-state index is 12.6. The van der Waals surface area contributed by atoms with Crippen LogP contribution < -0.4 is 10.6 Å². The maximum Gasteiger partial charge on any atom is 0.232 e. The Morgan fingerprint density at radius 3 is 2.82 bits per heavy atom. The van der Waals surface area contributed by atoms with Gasteiger partial charge in [0.25, 0.3) is 0 Å². The van der Waals surface area contributed by atoms with E-state index in [1.54, 1.807) is 0 Å². The molecule has 0 bridgehead atoms. The highest BCUT2D eigenvalue weighted by Gasteiger charge is 2.30. The lowest BCUT2D eigenvalue weighted by atomic mass is 9.89. The molecule has 2 aromatic rings. The van der Waals surface area contributed by atoms with Crippen LogP contribution in [0.4, 0.5) is 11.4 Å². The lowest BCUT2D eigenvalue weighted by Crippen LogP contribution is -2.30. The monoisotopic (exact) mass is 358 g/mol. The minimum atomic E-state index is -0.465. The van der Waals surface area contributed by atoms with Gasteiger partial charge in [0.1, 0.15) is 0 Å². The van der Waals surface area contributed by atoms with Gasteiger partial charge in [0.15, 0.2) is 0 Å². The summed E-state index contributed by atoms with van der Waals surface area (Å²) >= 11 is 3.40. The third kappa shape index (κ3) is 2.90. The number of anilines is 2. The lowest BCUT2D eigenvalue weighted by molar-refractivity contribution is -0.123. The van der Waals surface area contributed by atoms with Crippen molar-refractivity contribution in [2.45, 2.75) is 19.3 Å². The molecule has 2 aromatic carbocycles. The van der Waals surface area contributed by atoms with Crippen molar-refractivity contribution in [3.8, 4) is 0 Å². The number of nitrogens with one attached hydrogen (secondary N) is 2. The predicted octanol–water partition coefficient (Wildman–Crippen LogP) is 3.82. The normalized spacial score (nSPS) is 16.6. The number of aryl methyl sites for hydroxylation is 1. The Hall–Kier alpha value is -2.14. The number of benzene rings is 2. The van der Waals surface area contributed by atoms with Gasteiger partial charge in [0, 0.05) is 22.3 Å². The summed E-state index contributed by atoms with van der Waals surface area (Å²) < 4.78 is 0.963. The summed E-state index contributed by atoms with van der Waals surface area (Å²) in [5, 5.41) is 5.73. The van der Waals surface area contributed by atoms with E-state index >= 15 is 0 Å². The summed E-state index contributed by atoms with van der Waals surface area (Å²) in [6, 6.07) is 13.1. The molecule has 22 heavy (non-hydrogen) atoms. The molecule has 1 unspecified atom stereocenters. The molecule has 0 saturated carbocycles. The first kappa shape index (κ1) is 14.8. The molecular weight excluding hydrogens is 344 g/mol. The number of hydrogen-bond donors (Lipinski definition) is 2. The van der Waals surface area contributed by atoms with Crippen molar-refractivity contribution in [1.29, 1.82) is 0 Å². The van der Waals surface area contributed by atoms with Gasteiger partial charge in [0.05, 0.1) is 5.92 Å². The average Bonchev–Trinajstić information content (AvgIpc) is 2.49. The molecule has 2 N–H and O–H groups in total. The van der Waals surface area contributed by atoms with Gasteiger partial charge in [-0.3, -0.25) is 9.59 Å². The molecule has 5 heteroatoms. The zero-order valence-corrected chi connectivity index (χ0v) is 13.6. The highest BCUT2D eigenvalue weighted by atomic mass is 79.9. The van der Waals surface area contributed by atoms with Crippen LogP contribution in [0, 0.1) is 6.92 Å². The molecule has 2 amide bonds. The van der Waals surface area contributed by atoms with E-state index in [1.165, 1.54) is 0 Å². The summed E-state index contributed by atoms with van der Waals surface area (Å²) in [7, 11) is 0. The largest absolute Gasteiger partial charge is 0.326 e. The zero-order chi connectivity index (χ0) is 15.7. The Morgan fingerprint density at radius 2 is 2.05 bits per heavy atom. The van der Waals surface area contributed by atoms with E-state index < -0.39 is 5.92 Å². The Labute approximate surface area is 137 Å². The van der Waals surface area contributed by atoms with Crippen LogP contribution in [0.5, 0.6) is 0 Å². The van der Waals surface area contributed by atoms with Crippen molar-refractivity contribution in [3.05, 3.63) is 58.1 Å². The second kappa shape index (κ2) is 5.93. The molecule has 112 valence electrons. The Balaban J connectivity index is 1.88. The standard InChI is InChI=1S/C17H15BrN2O2/c1-10-8-11(18)6-7-14(10)20-17(22)13-9-16(21)19-15-5-3-2-4-12(13)15/h2-8,13H,9H2,1H3,(H,19,21)(H,20,22). The summed E-state index contributed by atoms with van der Waals surface area (Å²) in [5.41, 5.74) is 3.30. The fraction of sp³-hybridized carbons (Fsp3) is 0.176. The second-order valence-electron chi connectivity index (χ2n) is 5.34. The van der Waals surface area contributed by atoms with E-state index in [9.17, 15) is 9.59 Å². The van der Waals surface area contributed by atoms with E-state index in [-0.39, 0.29) is 18.2 Å². The SMILES string of the molecule is Cc1cc(Br)ccc1NC(=O)C1CC(=O)Nc2ccccc21. The predicted molar refractivity (Wildman–Crippen MR) is 89.9 cm³/mol. The number of rotatable bonds is 2. The summed E-state index contributed by atoms with van der Waals surface area (Å²) in [5.74, 6) is -0.757. The quantitative estimate of drug-likeness (QED) is 0.857. The molecule has 1 aliphatic heterocycles. The van der Waals surface area contributed by atoms with Crippen LogP contribution in [0.25, 0.3) is 0 Å². The number of carbonyl (C=O) groups is 2. The molecule has 1 aliphatic rings. The molecule has 0 aliphatic carbocycles. The van der Waals surface area contributed by atoms with Crippen molar-refractivity contribution in [1.82, 2.24) is 0 Å². The molecule has 0 spiro atoms. The van der Waals surface area contributed by atoms with Gasteiger partial charge in [-0.2, -0.15) is 0 Å². The molecule has 3 rings (SSSR count). The van der Waals surface area contributed by atoms with Gasteiger partial charge in [-0.15, -0.1) is 0 Å². The smallest absolute Gasteiger partial charge is 0.232 e. The Morgan fingerprint density at radius 1 is 1.27 bits per heavy atom. The lowest BCUT2D eigenvalue weighted by Gasteiger charge is -2.25. The Kier molecular flexibility index (Phi) is 3.98. The zero-order valence-electron chi connectivity index (χ0n) is 12.0. The molecule has 1 atom stereocenters. The minimum absolute atomic E-state index is 0.133. The van der Waals surface area contributed by atoms with E-state index in [1.807, 2.05) is 49.4 Å². The number of amides is 2. The molecular formula is C17H15BrN2O2. The minimum Gasteiger partial charge on any atom is -0.326 e. The van der Waals surface area contributed by atoms with Crippen molar-refractivity contribution in [2.75, 3.05) is 10.6 Å². The van der Waals surface area contributed by atoms with Gasteiger partial charge in [-0.1, -0.05) is 34.1 Å². The first-order valence-corrected chi connectivity index (χ1v) is 7.79. The van der Waals surface area contributed by atoms with Gasteiger partial charge in [-0.05, 0) is 42.3 Å². The topological polar surface area (TPSA) is 58.2 Å². The fourth-order valence-electron chi connectivity index (χ4n) is 2.63. The van der Waals surface area contributed by atoms with Crippen LogP contribution in [0.3, 0.4) is 0 Å². The van der Waals surface area contributed by atoms with Crippen LogP contribution in [0.15, 0.2) is 46.9 Å². The first-order valence-electron chi connectivity index (χ1n) is 7.00. The number of carbonyl (C=O) groups excluding carboxylic acids is 2. The molecule has 0 saturated heterocycles. The highest BCUT2D eigenvalue weighted by molar-refractivity contribution is 9.10. The van der Waals surface area contributed by atoms with Crippen molar-refractivity contribution < 1.29 is 9.59 Å². The fourth-order valence-corrected chi connectivity index (χ4v) is 3.11. The molecule has 0 fully saturated rings. The maximum atomic E-state index is 12.6. The van der Waals surface area contributed by atoms with E-state index in [0.717, 1.165) is 21.3 Å². The van der Waals surface area contributed by atoms with Crippen molar-refractivity contribution in [2.24, 2.45) is 0 Å². The second-order valence-corrected chi connectivity index (χ2v) is 6.26. The van der Waals surface area contributed by atoms with Crippen LogP contribution in [-0.4, -0.2) is 11.8 Å². The Bertz CT molecular complexity index is 758. The molecule has 0 aromatic heterocycles. The van der Waals surface area contributed by atoms with Crippen LogP contribution in [-0.2, 0) is 9.59 Å². The summed E-state index contributed by atoms with van der Waals surface area (Å²) in [6.45, 7) is 1.93. The third-order valence-corrected chi connectivity index (χ3v) is 4.26. The molecule has 0 radical (unpaired) electrons.